The van der Waals surface area contributed by atoms with Crippen molar-refractivity contribution in [3.8, 4) is 0 Å². The molecule has 0 spiro atoms. The fourth-order valence-corrected chi connectivity index (χ4v) is 1.70. The van der Waals surface area contributed by atoms with E-state index in [1.54, 1.807) is 24.5 Å². The van der Waals surface area contributed by atoms with Crippen LogP contribution in [0.25, 0.3) is 0 Å². The number of hydrogen-bond acceptors (Lipinski definition) is 4. The SMILES string of the molecule is CC(NC(=O)Cc1ccc(N)cn1)c1ccccn1. The average Bonchev–Trinajstić information content (AvgIpc) is 2.42. The second kappa shape index (κ2) is 5.95. The van der Waals surface area contributed by atoms with Crippen molar-refractivity contribution in [1.82, 2.24) is 15.3 Å². The smallest absolute Gasteiger partial charge is 0.226 e. The molecule has 1 amide bonds. The first-order chi connectivity index (χ1) is 9.15. The number of nitrogens with one attached hydrogen (secondary N) is 1. The van der Waals surface area contributed by atoms with Gasteiger partial charge in [0.1, 0.15) is 0 Å². The molecule has 0 saturated heterocycles. The number of nitrogens with zero attached hydrogens (tertiary/aromatic N) is 2. The lowest BCUT2D eigenvalue weighted by Gasteiger charge is -2.13. The second-order valence-corrected chi connectivity index (χ2v) is 4.30. The van der Waals surface area contributed by atoms with E-state index < -0.39 is 0 Å². The molecule has 2 aromatic heterocycles. The summed E-state index contributed by atoms with van der Waals surface area (Å²) in [5.74, 6) is -0.0876. The Morgan fingerprint density at radius 1 is 1.32 bits per heavy atom. The molecule has 1 atom stereocenters. The molecule has 1 unspecified atom stereocenters. The van der Waals surface area contributed by atoms with E-state index in [0.717, 1.165) is 5.69 Å². The Morgan fingerprint density at radius 2 is 2.16 bits per heavy atom. The van der Waals surface area contributed by atoms with Gasteiger partial charge in [-0.3, -0.25) is 14.8 Å². The number of pyridine rings is 2. The number of carbonyl (C=O) groups is 1. The monoisotopic (exact) mass is 256 g/mol. The van der Waals surface area contributed by atoms with Gasteiger partial charge in [0.25, 0.3) is 0 Å². The largest absolute Gasteiger partial charge is 0.397 e. The lowest BCUT2D eigenvalue weighted by atomic mass is 10.2. The molecule has 0 radical (unpaired) electrons. The molecule has 0 saturated carbocycles. The minimum absolute atomic E-state index is 0.0876. The van der Waals surface area contributed by atoms with E-state index in [1.807, 2.05) is 25.1 Å². The van der Waals surface area contributed by atoms with Crippen LogP contribution in [0.15, 0.2) is 42.7 Å². The molecule has 5 heteroatoms. The van der Waals surface area contributed by atoms with Crippen LogP contribution in [0.3, 0.4) is 0 Å². The maximum absolute atomic E-state index is 11.9. The third-order valence-corrected chi connectivity index (χ3v) is 2.70. The fraction of sp³-hybridized carbons (Fsp3) is 0.214. The Hall–Kier alpha value is -2.43. The van der Waals surface area contributed by atoms with Gasteiger partial charge in [0.15, 0.2) is 0 Å². The molecule has 3 N–H and O–H groups in total. The van der Waals surface area contributed by atoms with Crippen LogP contribution in [0, 0.1) is 0 Å². The minimum atomic E-state index is -0.123. The predicted molar refractivity (Wildman–Crippen MR) is 73.1 cm³/mol. The Balaban J connectivity index is 1.93. The topological polar surface area (TPSA) is 80.9 Å². The number of nitrogens with two attached hydrogens (primary N) is 1. The number of carbonyl (C=O) groups excluding carboxylic acids is 1. The third kappa shape index (κ3) is 3.77. The fourth-order valence-electron chi connectivity index (χ4n) is 1.70. The van der Waals surface area contributed by atoms with Crippen LogP contribution in [0.1, 0.15) is 24.4 Å². The highest BCUT2D eigenvalue weighted by Gasteiger charge is 2.11. The Morgan fingerprint density at radius 3 is 2.79 bits per heavy atom. The molecule has 98 valence electrons. The highest BCUT2D eigenvalue weighted by Crippen LogP contribution is 2.08. The van der Waals surface area contributed by atoms with E-state index in [9.17, 15) is 4.79 Å². The third-order valence-electron chi connectivity index (χ3n) is 2.70. The molecular formula is C14H16N4O. The van der Waals surface area contributed by atoms with Crippen LogP contribution in [-0.4, -0.2) is 15.9 Å². The number of anilines is 1. The summed E-state index contributed by atoms with van der Waals surface area (Å²) in [4.78, 5) is 20.2. The van der Waals surface area contributed by atoms with Crippen molar-refractivity contribution in [2.24, 2.45) is 0 Å². The van der Waals surface area contributed by atoms with Crippen molar-refractivity contribution in [1.29, 1.82) is 0 Å². The van der Waals surface area contributed by atoms with E-state index in [-0.39, 0.29) is 18.4 Å². The lowest BCUT2D eigenvalue weighted by Crippen LogP contribution is -2.28. The molecule has 2 heterocycles. The number of nitrogen functional groups attached to an aromatic ring is 1. The van der Waals surface area contributed by atoms with Crippen LogP contribution in [0.2, 0.25) is 0 Å². The molecule has 2 aromatic rings. The first-order valence-electron chi connectivity index (χ1n) is 6.06. The Kier molecular flexibility index (Phi) is 4.07. The molecule has 0 aromatic carbocycles. The summed E-state index contributed by atoms with van der Waals surface area (Å²) in [6, 6.07) is 8.98. The molecule has 0 aliphatic carbocycles. The van der Waals surface area contributed by atoms with Crippen molar-refractivity contribution in [2.75, 3.05) is 5.73 Å². The van der Waals surface area contributed by atoms with Gasteiger partial charge in [-0.15, -0.1) is 0 Å². The summed E-state index contributed by atoms with van der Waals surface area (Å²) >= 11 is 0. The van der Waals surface area contributed by atoms with Crippen molar-refractivity contribution in [2.45, 2.75) is 19.4 Å². The number of amides is 1. The zero-order chi connectivity index (χ0) is 13.7. The van der Waals surface area contributed by atoms with E-state index in [2.05, 4.69) is 15.3 Å². The summed E-state index contributed by atoms with van der Waals surface area (Å²) in [6.07, 6.45) is 3.49. The summed E-state index contributed by atoms with van der Waals surface area (Å²) in [7, 11) is 0. The van der Waals surface area contributed by atoms with Crippen LogP contribution < -0.4 is 11.1 Å². The van der Waals surface area contributed by atoms with Crippen LogP contribution in [0.5, 0.6) is 0 Å². The Bertz CT molecular complexity index is 539. The second-order valence-electron chi connectivity index (χ2n) is 4.30. The molecule has 0 aliphatic heterocycles. The van der Waals surface area contributed by atoms with Crippen LogP contribution in [0.4, 0.5) is 5.69 Å². The van der Waals surface area contributed by atoms with Crippen molar-refractivity contribution in [3.63, 3.8) is 0 Å². The zero-order valence-corrected chi connectivity index (χ0v) is 10.7. The molecular weight excluding hydrogens is 240 g/mol. The normalized spacial score (nSPS) is 11.8. The van der Waals surface area contributed by atoms with Gasteiger partial charge in [-0.1, -0.05) is 6.07 Å². The lowest BCUT2D eigenvalue weighted by molar-refractivity contribution is -0.121. The van der Waals surface area contributed by atoms with Gasteiger partial charge in [0.2, 0.25) is 5.91 Å². The summed E-state index contributed by atoms with van der Waals surface area (Å²) in [6.45, 7) is 1.90. The molecule has 19 heavy (non-hydrogen) atoms. The maximum Gasteiger partial charge on any atom is 0.226 e. The average molecular weight is 256 g/mol. The van der Waals surface area contributed by atoms with Crippen molar-refractivity contribution < 1.29 is 4.79 Å². The van der Waals surface area contributed by atoms with Crippen LogP contribution in [-0.2, 0) is 11.2 Å². The number of hydrogen-bond donors (Lipinski definition) is 2. The molecule has 0 bridgehead atoms. The molecule has 0 fully saturated rings. The van der Waals surface area contributed by atoms with Gasteiger partial charge in [0.05, 0.1) is 30.0 Å². The first-order valence-corrected chi connectivity index (χ1v) is 6.06. The minimum Gasteiger partial charge on any atom is -0.397 e. The number of rotatable bonds is 4. The first kappa shape index (κ1) is 13.0. The van der Waals surface area contributed by atoms with Gasteiger partial charge < -0.3 is 11.1 Å². The molecule has 2 rings (SSSR count). The maximum atomic E-state index is 11.9. The van der Waals surface area contributed by atoms with Gasteiger partial charge in [0, 0.05) is 11.9 Å². The van der Waals surface area contributed by atoms with E-state index in [1.165, 1.54) is 0 Å². The highest BCUT2D eigenvalue weighted by atomic mass is 16.1. The number of aromatic nitrogens is 2. The summed E-state index contributed by atoms with van der Waals surface area (Å²) < 4.78 is 0. The van der Waals surface area contributed by atoms with E-state index in [4.69, 9.17) is 5.73 Å². The molecule has 0 aliphatic rings. The standard InChI is InChI=1S/C14H16N4O/c1-10(13-4-2-3-7-16-13)18-14(19)8-12-6-5-11(15)9-17-12/h2-7,9-10H,8,15H2,1H3,(H,18,19). The van der Waals surface area contributed by atoms with Crippen molar-refractivity contribution in [3.05, 3.63) is 54.1 Å². The summed E-state index contributed by atoms with van der Waals surface area (Å²) in [5.41, 5.74) is 7.66. The highest BCUT2D eigenvalue weighted by molar-refractivity contribution is 5.78. The quantitative estimate of drug-likeness (QED) is 0.868. The van der Waals surface area contributed by atoms with Crippen molar-refractivity contribution >= 4 is 11.6 Å². The predicted octanol–water partition coefficient (Wildman–Crippen LogP) is 1.48. The van der Waals surface area contributed by atoms with Gasteiger partial charge in [-0.05, 0) is 31.2 Å². The zero-order valence-electron chi connectivity index (χ0n) is 10.7. The Labute approximate surface area is 111 Å². The molecule has 5 nitrogen and oxygen atoms in total. The van der Waals surface area contributed by atoms with Crippen LogP contribution >= 0.6 is 0 Å². The van der Waals surface area contributed by atoms with E-state index >= 15 is 0 Å². The van der Waals surface area contributed by atoms with Gasteiger partial charge in [-0.25, -0.2) is 0 Å². The van der Waals surface area contributed by atoms with Gasteiger partial charge >= 0.3 is 0 Å². The van der Waals surface area contributed by atoms with Gasteiger partial charge in [-0.2, -0.15) is 0 Å². The summed E-state index contributed by atoms with van der Waals surface area (Å²) in [5, 5.41) is 2.89. The van der Waals surface area contributed by atoms with E-state index in [0.29, 0.717) is 11.4 Å².